The van der Waals surface area contributed by atoms with Crippen LogP contribution in [0.15, 0.2) is 30.5 Å². The summed E-state index contributed by atoms with van der Waals surface area (Å²) in [6.45, 7) is 0. The van der Waals surface area contributed by atoms with Crippen molar-refractivity contribution in [1.29, 1.82) is 0 Å². The molecule has 0 bridgehead atoms. The number of aromatic nitrogens is 2. The van der Waals surface area contributed by atoms with E-state index in [4.69, 9.17) is 11.6 Å². The molecule has 0 amide bonds. The van der Waals surface area contributed by atoms with E-state index in [-0.39, 0.29) is 16.5 Å². The van der Waals surface area contributed by atoms with E-state index in [0.717, 1.165) is 30.5 Å². The lowest BCUT2D eigenvalue weighted by molar-refractivity contribution is -0.137. The van der Waals surface area contributed by atoms with Gasteiger partial charge in [-0.05, 0) is 23.7 Å². The first-order valence-electron chi connectivity index (χ1n) is 4.73. The summed E-state index contributed by atoms with van der Waals surface area (Å²) < 4.78 is 50.4. The summed E-state index contributed by atoms with van der Waals surface area (Å²) in [6.07, 6.45) is -3.57. The van der Waals surface area contributed by atoms with E-state index >= 15 is 0 Å². The van der Waals surface area contributed by atoms with E-state index in [1.807, 2.05) is 0 Å². The Bertz CT molecular complexity index is 566. The lowest BCUT2D eigenvalue weighted by Gasteiger charge is -2.07. The van der Waals surface area contributed by atoms with Crippen LogP contribution in [0, 0.1) is 5.82 Å². The van der Waals surface area contributed by atoms with Crippen LogP contribution in [0.3, 0.4) is 0 Å². The lowest BCUT2D eigenvalue weighted by Crippen LogP contribution is -2.04. The van der Waals surface area contributed by atoms with Crippen LogP contribution in [-0.2, 0) is 6.18 Å². The molecule has 0 aliphatic heterocycles. The van der Waals surface area contributed by atoms with Crippen LogP contribution in [0.25, 0.3) is 11.3 Å². The van der Waals surface area contributed by atoms with Gasteiger partial charge in [0.05, 0.1) is 11.8 Å². The summed E-state index contributed by atoms with van der Waals surface area (Å²) in [6, 6.07) is 3.96. The summed E-state index contributed by atoms with van der Waals surface area (Å²) in [5.41, 5.74) is -0.750. The fraction of sp³-hybridized carbons (Fsp3) is 0.0909. The van der Waals surface area contributed by atoms with Gasteiger partial charge in [-0.3, -0.25) is 0 Å². The Labute approximate surface area is 104 Å². The van der Waals surface area contributed by atoms with E-state index < -0.39 is 17.6 Å². The Balaban J connectivity index is 2.43. The number of nitrogens with zero attached hydrogens (tertiary/aromatic N) is 2. The van der Waals surface area contributed by atoms with Gasteiger partial charge in [-0.1, -0.05) is 12.1 Å². The first-order valence-corrected chi connectivity index (χ1v) is 5.11. The molecule has 1 heterocycles. The van der Waals surface area contributed by atoms with Crippen LogP contribution in [0.1, 0.15) is 5.56 Å². The maximum atomic E-state index is 13.4. The van der Waals surface area contributed by atoms with E-state index in [1.54, 1.807) is 0 Å². The fourth-order valence-electron chi connectivity index (χ4n) is 1.37. The number of benzene rings is 1. The largest absolute Gasteiger partial charge is 0.416 e. The maximum absolute atomic E-state index is 13.4. The SMILES string of the molecule is Fc1cnc(Cl)nc1-c1ccc(C(F)(F)F)cc1. The summed E-state index contributed by atoms with van der Waals surface area (Å²) in [5, 5.41) is -0.175. The van der Waals surface area contributed by atoms with E-state index in [0.29, 0.717) is 0 Å². The summed E-state index contributed by atoms with van der Waals surface area (Å²) in [5.74, 6) is -0.751. The van der Waals surface area contributed by atoms with Gasteiger partial charge in [0.25, 0.3) is 0 Å². The topological polar surface area (TPSA) is 25.8 Å². The second-order valence-corrected chi connectivity index (χ2v) is 3.75. The van der Waals surface area contributed by atoms with Crippen molar-refractivity contribution in [2.75, 3.05) is 0 Å². The summed E-state index contributed by atoms with van der Waals surface area (Å²) in [4.78, 5) is 7.05. The van der Waals surface area contributed by atoms with Crippen molar-refractivity contribution in [3.63, 3.8) is 0 Å². The number of alkyl halides is 3. The quantitative estimate of drug-likeness (QED) is 0.582. The van der Waals surface area contributed by atoms with Gasteiger partial charge in [-0.2, -0.15) is 13.2 Å². The van der Waals surface area contributed by atoms with Crippen LogP contribution in [-0.4, -0.2) is 9.97 Å². The normalized spacial score (nSPS) is 11.6. The molecule has 0 atom stereocenters. The molecule has 0 aliphatic rings. The zero-order valence-electron chi connectivity index (χ0n) is 8.67. The van der Waals surface area contributed by atoms with Crippen LogP contribution < -0.4 is 0 Å². The molecule has 0 saturated heterocycles. The van der Waals surface area contributed by atoms with Crippen molar-refractivity contribution in [2.24, 2.45) is 0 Å². The molecule has 2 aromatic rings. The monoisotopic (exact) mass is 276 g/mol. The standard InChI is InChI=1S/C11H5ClF4N2/c12-10-17-5-8(13)9(18-10)6-1-3-7(4-2-6)11(14,15)16/h1-5H. The Kier molecular flexibility index (Phi) is 3.21. The zero-order valence-corrected chi connectivity index (χ0v) is 9.43. The zero-order chi connectivity index (χ0) is 13.3. The number of halogens is 5. The van der Waals surface area contributed by atoms with Gasteiger partial charge in [0.15, 0.2) is 5.82 Å². The third-order valence-electron chi connectivity index (χ3n) is 2.20. The van der Waals surface area contributed by atoms with E-state index in [9.17, 15) is 17.6 Å². The Morgan fingerprint density at radius 2 is 1.67 bits per heavy atom. The second kappa shape index (κ2) is 4.53. The number of hydrogen-bond acceptors (Lipinski definition) is 2. The Hall–Kier alpha value is -1.69. The Morgan fingerprint density at radius 1 is 1.06 bits per heavy atom. The van der Waals surface area contributed by atoms with E-state index in [1.165, 1.54) is 0 Å². The second-order valence-electron chi connectivity index (χ2n) is 3.41. The predicted octanol–water partition coefficient (Wildman–Crippen LogP) is 3.95. The van der Waals surface area contributed by atoms with Gasteiger partial charge in [-0.25, -0.2) is 14.4 Å². The van der Waals surface area contributed by atoms with Gasteiger partial charge in [0.1, 0.15) is 5.69 Å². The van der Waals surface area contributed by atoms with Crippen molar-refractivity contribution >= 4 is 11.6 Å². The highest BCUT2D eigenvalue weighted by atomic mass is 35.5. The first kappa shape index (κ1) is 12.8. The van der Waals surface area contributed by atoms with Gasteiger partial charge in [-0.15, -0.1) is 0 Å². The minimum absolute atomic E-state index is 0.135. The average molecular weight is 277 g/mol. The maximum Gasteiger partial charge on any atom is 0.416 e. The molecule has 7 heteroatoms. The van der Waals surface area contributed by atoms with Crippen molar-refractivity contribution < 1.29 is 17.6 Å². The molecule has 1 aromatic carbocycles. The molecule has 2 rings (SSSR count). The van der Waals surface area contributed by atoms with Crippen LogP contribution in [0.5, 0.6) is 0 Å². The van der Waals surface area contributed by atoms with E-state index in [2.05, 4.69) is 9.97 Å². The Morgan fingerprint density at radius 3 is 2.22 bits per heavy atom. The van der Waals surface area contributed by atoms with Crippen LogP contribution >= 0.6 is 11.6 Å². The molecular formula is C11H5ClF4N2. The number of rotatable bonds is 1. The lowest BCUT2D eigenvalue weighted by atomic mass is 10.1. The highest BCUT2D eigenvalue weighted by molar-refractivity contribution is 6.28. The molecule has 18 heavy (non-hydrogen) atoms. The minimum Gasteiger partial charge on any atom is -0.223 e. The highest BCUT2D eigenvalue weighted by Gasteiger charge is 2.30. The van der Waals surface area contributed by atoms with Crippen molar-refractivity contribution in [2.45, 2.75) is 6.18 Å². The molecule has 0 aliphatic carbocycles. The smallest absolute Gasteiger partial charge is 0.223 e. The van der Waals surface area contributed by atoms with Gasteiger partial charge in [0, 0.05) is 5.56 Å². The first-order chi connectivity index (χ1) is 8.38. The third-order valence-corrected chi connectivity index (χ3v) is 2.38. The average Bonchev–Trinajstić information content (AvgIpc) is 2.31. The van der Waals surface area contributed by atoms with Crippen molar-refractivity contribution in [3.05, 3.63) is 47.1 Å². The van der Waals surface area contributed by atoms with Gasteiger partial charge < -0.3 is 0 Å². The third kappa shape index (κ3) is 2.59. The molecule has 0 unspecified atom stereocenters. The number of hydrogen-bond donors (Lipinski definition) is 0. The van der Waals surface area contributed by atoms with Gasteiger partial charge >= 0.3 is 6.18 Å². The molecule has 1 aromatic heterocycles. The molecule has 0 spiro atoms. The van der Waals surface area contributed by atoms with Gasteiger partial charge in [0.2, 0.25) is 5.28 Å². The molecule has 0 fully saturated rings. The summed E-state index contributed by atoms with van der Waals surface area (Å²) in [7, 11) is 0. The molecule has 94 valence electrons. The molecular weight excluding hydrogens is 272 g/mol. The van der Waals surface area contributed by atoms with Crippen molar-refractivity contribution in [3.8, 4) is 11.3 Å². The minimum atomic E-state index is -4.43. The predicted molar refractivity (Wildman–Crippen MR) is 57.4 cm³/mol. The van der Waals surface area contributed by atoms with Crippen LogP contribution in [0.2, 0.25) is 5.28 Å². The molecule has 0 radical (unpaired) electrons. The molecule has 0 N–H and O–H groups in total. The fourth-order valence-corrected chi connectivity index (χ4v) is 1.50. The van der Waals surface area contributed by atoms with Crippen molar-refractivity contribution in [1.82, 2.24) is 9.97 Å². The highest BCUT2D eigenvalue weighted by Crippen LogP contribution is 2.31. The molecule has 2 nitrogen and oxygen atoms in total. The molecule has 0 saturated carbocycles. The van der Waals surface area contributed by atoms with Crippen LogP contribution in [0.4, 0.5) is 17.6 Å². The summed E-state index contributed by atoms with van der Waals surface area (Å²) >= 11 is 5.50.